The molecule has 0 spiro atoms. The Morgan fingerprint density at radius 1 is 1.04 bits per heavy atom. The van der Waals surface area contributed by atoms with E-state index in [0.717, 1.165) is 26.5 Å². The molecule has 0 bridgehead atoms. The second-order valence-corrected chi connectivity index (χ2v) is 7.42. The summed E-state index contributed by atoms with van der Waals surface area (Å²) in [4.78, 5) is 1.46. The number of rotatable bonds is 5. The number of thioether (sulfide) groups is 1. The van der Waals surface area contributed by atoms with Gasteiger partial charge in [0, 0.05) is 10.2 Å². The van der Waals surface area contributed by atoms with Gasteiger partial charge in [0.1, 0.15) is 5.03 Å². The molecule has 0 aliphatic heterocycles. The molecule has 4 rings (SSSR count). The average molecular weight is 427 g/mol. The highest BCUT2D eigenvalue weighted by atomic mass is 79.9. The van der Waals surface area contributed by atoms with E-state index in [9.17, 15) is 0 Å². The van der Waals surface area contributed by atoms with E-state index in [2.05, 4.69) is 48.6 Å². The van der Waals surface area contributed by atoms with Crippen LogP contribution < -0.4 is 0 Å². The maximum absolute atomic E-state index is 4.59. The van der Waals surface area contributed by atoms with Gasteiger partial charge in [-0.3, -0.25) is 0 Å². The lowest BCUT2D eigenvalue weighted by Gasteiger charge is -2.10. The molecule has 0 amide bonds. The van der Waals surface area contributed by atoms with E-state index in [1.165, 1.54) is 10.4 Å². The molecule has 4 aromatic rings. The normalized spacial score (nSPS) is 11.0. The van der Waals surface area contributed by atoms with Crippen LogP contribution in [-0.2, 0) is 12.8 Å². The molecule has 8 heteroatoms. The molecule has 0 unspecified atom stereocenters. The SMILES string of the molecule is Cn1nnc(-c2cnn(-c3ccccc3Br)c2SCc2ccccc2)n1. The Morgan fingerprint density at radius 2 is 1.81 bits per heavy atom. The summed E-state index contributed by atoms with van der Waals surface area (Å²) >= 11 is 5.32. The minimum Gasteiger partial charge on any atom is -0.225 e. The van der Waals surface area contributed by atoms with E-state index in [-0.39, 0.29) is 0 Å². The summed E-state index contributed by atoms with van der Waals surface area (Å²) in [6, 6.07) is 18.4. The van der Waals surface area contributed by atoms with Crippen LogP contribution in [0, 0.1) is 0 Å². The maximum atomic E-state index is 4.59. The zero-order chi connectivity index (χ0) is 17.9. The molecular formula is C18H15BrN6S. The molecule has 0 saturated heterocycles. The second-order valence-electron chi connectivity index (χ2n) is 5.60. The minimum absolute atomic E-state index is 0.571. The first-order valence-electron chi connectivity index (χ1n) is 7.96. The molecule has 2 aromatic carbocycles. The van der Waals surface area contributed by atoms with Crippen LogP contribution >= 0.6 is 27.7 Å². The fraction of sp³-hybridized carbons (Fsp3) is 0.111. The summed E-state index contributed by atoms with van der Waals surface area (Å²) in [7, 11) is 1.76. The third-order valence-electron chi connectivity index (χ3n) is 3.77. The molecule has 0 fully saturated rings. The van der Waals surface area contributed by atoms with E-state index in [1.54, 1.807) is 25.0 Å². The fourth-order valence-electron chi connectivity index (χ4n) is 2.54. The number of hydrogen-bond donors (Lipinski definition) is 0. The number of nitrogens with zero attached hydrogens (tertiary/aromatic N) is 6. The Kier molecular flexibility index (Phi) is 4.85. The van der Waals surface area contributed by atoms with E-state index in [4.69, 9.17) is 0 Å². The van der Waals surface area contributed by atoms with Crippen LogP contribution in [0.15, 0.2) is 70.3 Å². The molecule has 0 saturated carbocycles. The van der Waals surface area contributed by atoms with Gasteiger partial charge in [-0.05, 0) is 38.8 Å². The molecule has 2 aromatic heterocycles. The molecule has 2 heterocycles. The van der Waals surface area contributed by atoms with Gasteiger partial charge in [-0.1, -0.05) is 42.5 Å². The summed E-state index contributed by atoms with van der Waals surface area (Å²) in [6.07, 6.45) is 1.80. The van der Waals surface area contributed by atoms with Crippen molar-refractivity contribution in [2.75, 3.05) is 0 Å². The van der Waals surface area contributed by atoms with Crippen LogP contribution in [0.3, 0.4) is 0 Å². The molecule has 0 aliphatic rings. The number of tetrazole rings is 1. The number of aromatic nitrogens is 6. The van der Waals surface area contributed by atoms with Crippen molar-refractivity contribution in [1.29, 1.82) is 0 Å². The van der Waals surface area contributed by atoms with Crippen LogP contribution in [0.25, 0.3) is 17.1 Å². The van der Waals surface area contributed by atoms with E-state index < -0.39 is 0 Å². The highest BCUT2D eigenvalue weighted by Crippen LogP contribution is 2.35. The molecule has 130 valence electrons. The number of hydrogen-bond acceptors (Lipinski definition) is 5. The second kappa shape index (κ2) is 7.43. The Hall–Kier alpha value is -2.45. The third-order valence-corrected chi connectivity index (χ3v) is 5.59. The van der Waals surface area contributed by atoms with E-state index in [0.29, 0.717) is 5.82 Å². The van der Waals surface area contributed by atoms with Crippen LogP contribution in [-0.4, -0.2) is 30.0 Å². The van der Waals surface area contributed by atoms with Crippen molar-refractivity contribution in [3.8, 4) is 17.1 Å². The van der Waals surface area contributed by atoms with Gasteiger partial charge in [0.15, 0.2) is 0 Å². The van der Waals surface area contributed by atoms with Gasteiger partial charge >= 0.3 is 0 Å². The van der Waals surface area contributed by atoms with Crippen molar-refractivity contribution in [2.24, 2.45) is 7.05 Å². The molecule has 0 aliphatic carbocycles. The van der Waals surface area contributed by atoms with Gasteiger partial charge in [-0.2, -0.15) is 9.90 Å². The molecule has 26 heavy (non-hydrogen) atoms. The zero-order valence-electron chi connectivity index (χ0n) is 14.0. The summed E-state index contributed by atoms with van der Waals surface area (Å²) < 4.78 is 2.90. The third kappa shape index (κ3) is 3.42. The van der Waals surface area contributed by atoms with Crippen molar-refractivity contribution in [2.45, 2.75) is 10.8 Å². The van der Waals surface area contributed by atoms with Crippen LogP contribution in [0.5, 0.6) is 0 Å². The fourth-order valence-corrected chi connectivity index (χ4v) is 4.06. The zero-order valence-corrected chi connectivity index (χ0v) is 16.4. The molecule has 0 atom stereocenters. The summed E-state index contributed by atoms with van der Waals surface area (Å²) in [5.41, 5.74) is 3.09. The lowest BCUT2D eigenvalue weighted by atomic mass is 10.2. The first-order valence-corrected chi connectivity index (χ1v) is 9.74. The number of aryl methyl sites for hydroxylation is 1. The van der Waals surface area contributed by atoms with E-state index >= 15 is 0 Å². The summed E-state index contributed by atoms with van der Waals surface area (Å²) in [6.45, 7) is 0. The summed E-state index contributed by atoms with van der Waals surface area (Å²) in [5, 5.41) is 18.0. The monoisotopic (exact) mass is 426 g/mol. The number of para-hydroxylation sites is 1. The number of halogens is 1. The highest BCUT2D eigenvalue weighted by molar-refractivity contribution is 9.10. The van der Waals surface area contributed by atoms with Crippen molar-refractivity contribution in [3.63, 3.8) is 0 Å². The van der Waals surface area contributed by atoms with Crippen molar-refractivity contribution in [1.82, 2.24) is 30.0 Å². The van der Waals surface area contributed by atoms with Gasteiger partial charge in [0.2, 0.25) is 5.82 Å². The molecule has 0 N–H and O–H groups in total. The standard InChI is InChI=1S/C18H15BrN6S/c1-24-22-17(21-23-24)14-11-20-25(16-10-6-5-9-15(16)19)18(14)26-12-13-7-3-2-4-8-13/h2-11H,12H2,1H3. The van der Waals surface area contributed by atoms with Crippen LogP contribution in [0.1, 0.15) is 5.56 Å². The Morgan fingerprint density at radius 3 is 2.54 bits per heavy atom. The predicted molar refractivity (Wildman–Crippen MR) is 105 cm³/mol. The molecule has 6 nitrogen and oxygen atoms in total. The van der Waals surface area contributed by atoms with E-state index in [1.807, 2.05) is 47.1 Å². The maximum Gasteiger partial charge on any atom is 0.209 e. The Bertz CT molecular complexity index is 1030. The quantitative estimate of drug-likeness (QED) is 0.449. The van der Waals surface area contributed by atoms with Crippen molar-refractivity contribution >= 4 is 27.7 Å². The van der Waals surface area contributed by atoms with Gasteiger partial charge in [-0.15, -0.1) is 22.0 Å². The molecular weight excluding hydrogens is 412 g/mol. The largest absolute Gasteiger partial charge is 0.225 e. The Balaban J connectivity index is 1.77. The lowest BCUT2D eigenvalue weighted by Crippen LogP contribution is -2.00. The first-order chi connectivity index (χ1) is 12.7. The van der Waals surface area contributed by atoms with Gasteiger partial charge < -0.3 is 0 Å². The van der Waals surface area contributed by atoms with Crippen LogP contribution in [0.4, 0.5) is 0 Å². The topological polar surface area (TPSA) is 61.4 Å². The molecule has 0 radical (unpaired) electrons. The Labute approximate surface area is 163 Å². The van der Waals surface area contributed by atoms with Gasteiger partial charge in [0.25, 0.3) is 0 Å². The smallest absolute Gasteiger partial charge is 0.209 e. The van der Waals surface area contributed by atoms with Crippen LogP contribution in [0.2, 0.25) is 0 Å². The van der Waals surface area contributed by atoms with Gasteiger partial charge in [-0.25, -0.2) is 4.68 Å². The van der Waals surface area contributed by atoms with Crippen molar-refractivity contribution < 1.29 is 0 Å². The summed E-state index contributed by atoms with van der Waals surface area (Å²) in [5.74, 6) is 1.39. The number of benzene rings is 2. The van der Waals surface area contributed by atoms with Crippen molar-refractivity contribution in [3.05, 3.63) is 70.8 Å². The predicted octanol–water partition coefficient (Wildman–Crippen LogP) is 4.12. The minimum atomic E-state index is 0.571. The van der Waals surface area contributed by atoms with Gasteiger partial charge in [0.05, 0.1) is 24.5 Å². The first kappa shape index (κ1) is 17.0. The average Bonchev–Trinajstić information content (AvgIpc) is 3.27. The highest BCUT2D eigenvalue weighted by Gasteiger charge is 2.19. The lowest BCUT2D eigenvalue weighted by molar-refractivity contribution is 0.630.